The van der Waals surface area contributed by atoms with Gasteiger partial charge in [-0.3, -0.25) is 14.9 Å². The Morgan fingerprint density at radius 2 is 1.78 bits per heavy atom. The van der Waals surface area contributed by atoms with Crippen molar-refractivity contribution in [2.24, 2.45) is 0 Å². The molecule has 12 heteroatoms. The van der Waals surface area contributed by atoms with Crippen molar-refractivity contribution >= 4 is 29.2 Å². The van der Waals surface area contributed by atoms with Crippen LogP contribution >= 0.6 is 11.6 Å². The summed E-state index contributed by atoms with van der Waals surface area (Å²) in [5.41, 5.74) is -2.23. The standard InChI is InChI=1S/C25H19ClF3NO7/c1-3-36-24(33)13(2)18-11-15(12-19(23(31)32)22(18)30(34)35)37-21-7-5-4-6-17(21)16-9-8-14(10-20(16)26)25(27,28)29/h4-13H,3H2,1-2H3,(H,31,32). The molecule has 8 nitrogen and oxygen atoms in total. The number of hydrogen-bond acceptors (Lipinski definition) is 6. The summed E-state index contributed by atoms with van der Waals surface area (Å²) in [4.78, 5) is 35.0. The van der Waals surface area contributed by atoms with Crippen LogP contribution in [0.1, 0.15) is 41.3 Å². The fourth-order valence-corrected chi connectivity index (χ4v) is 3.88. The van der Waals surface area contributed by atoms with E-state index in [2.05, 4.69) is 0 Å². The maximum atomic E-state index is 13.1. The molecule has 0 fully saturated rings. The van der Waals surface area contributed by atoms with Gasteiger partial charge in [-0.2, -0.15) is 13.2 Å². The third-order valence-electron chi connectivity index (χ3n) is 5.33. The van der Waals surface area contributed by atoms with Crippen LogP contribution in [0, 0.1) is 10.1 Å². The van der Waals surface area contributed by atoms with Crippen molar-refractivity contribution in [1.29, 1.82) is 0 Å². The van der Waals surface area contributed by atoms with Crippen LogP contribution in [0.4, 0.5) is 18.9 Å². The molecule has 0 aliphatic rings. The van der Waals surface area contributed by atoms with E-state index < -0.39 is 45.8 Å². The zero-order chi connectivity index (χ0) is 27.5. The molecule has 0 radical (unpaired) electrons. The second-order valence-electron chi connectivity index (χ2n) is 7.74. The average molecular weight is 538 g/mol. The van der Waals surface area contributed by atoms with Crippen LogP contribution in [0.3, 0.4) is 0 Å². The molecule has 3 aromatic rings. The van der Waals surface area contributed by atoms with E-state index in [1.807, 2.05) is 0 Å². The highest BCUT2D eigenvalue weighted by Crippen LogP contribution is 2.42. The van der Waals surface area contributed by atoms with Gasteiger partial charge in [0.15, 0.2) is 0 Å². The number of carbonyl (C=O) groups is 2. The molecule has 0 spiro atoms. The Morgan fingerprint density at radius 3 is 2.35 bits per heavy atom. The molecule has 3 rings (SSSR count). The van der Waals surface area contributed by atoms with Gasteiger partial charge in [-0.05, 0) is 38.1 Å². The predicted molar refractivity (Wildman–Crippen MR) is 127 cm³/mol. The van der Waals surface area contributed by atoms with Gasteiger partial charge in [0.25, 0.3) is 5.69 Å². The number of hydrogen-bond donors (Lipinski definition) is 1. The first-order valence-corrected chi connectivity index (χ1v) is 11.1. The number of carboxylic acids is 1. The minimum absolute atomic E-state index is 0.000211. The highest BCUT2D eigenvalue weighted by molar-refractivity contribution is 6.33. The van der Waals surface area contributed by atoms with Gasteiger partial charge in [0.1, 0.15) is 17.1 Å². The second-order valence-corrected chi connectivity index (χ2v) is 8.14. The molecule has 1 atom stereocenters. The molecule has 0 bridgehead atoms. The van der Waals surface area contributed by atoms with Gasteiger partial charge in [-0.15, -0.1) is 0 Å². The summed E-state index contributed by atoms with van der Waals surface area (Å²) < 4.78 is 50.0. The molecular formula is C25H19ClF3NO7. The normalized spacial score (nSPS) is 12.1. The molecule has 0 heterocycles. The first kappa shape index (κ1) is 27.5. The van der Waals surface area contributed by atoms with Crippen molar-refractivity contribution < 1.29 is 42.3 Å². The van der Waals surface area contributed by atoms with Gasteiger partial charge < -0.3 is 14.6 Å². The lowest BCUT2D eigenvalue weighted by molar-refractivity contribution is -0.386. The van der Waals surface area contributed by atoms with E-state index in [0.29, 0.717) is 0 Å². The average Bonchev–Trinajstić information content (AvgIpc) is 2.83. The molecule has 0 aromatic heterocycles. The van der Waals surface area contributed by atoms with Crippen LogP contribution < -0.4 is 4.74 Å². The zero-order valence-corrected chi connectivity index (χ0v) is 20.1. The number of halogens is 4. The Kier molecular flexibility index (Phi) is 8.07. The van der Waals surface area contributed by atoms with Crippen LogP contribution in [0.25, 0.3) is 11.1 Å². The number of ether oxygens (including phenoxy) is 2. The van der Waals surface area contributed by atoms with Crippen molar-refractivity contribution in [3.63, 3.8) is 0 Å². The van der Waals surface area contributed by atoms with Crippen LogP contribution in [0.2, 0.25) is 5.02 Å². The first-order valence-electron chi connectivity index (χ1n) is 10.7. The molecule has 0 amide bonds. The minimum Gasteiger partial charge on any atom is -0.477 e. The molecule has 0 aliphatic carbocycles. The Hall–Kier alpha value is -4.12. The Bertz CT molecular complexity index is 1370. The highest BCUT2D eigenvalue weighted by Gasteiger charge is 2.33. The van der Waals surface area contributed by atoms with Crippen LogP contribution in [0.15, 0.2) is 54.6 Å². The third kappa shape index (κ3) is 6.00. The molecular weight excluding hydrogens is 519 g/mol. The van der Waals surface area contributed by atoms with Crippen molar-refractivity contribution in [3.8, 4) is 22.6 Å². The molecule has 37 heavy (non-hydrogen) atoms. The second kappa shape index (κ2) is 10.9. The van der Waals surface area contributed by atoms with Crippen molar-refractivity contribution in [2.45, 2.75) is 25.9 Å². The maximum absolute atomic E-state index is 13.1. The Labute approximate surface area is 213 Å². The molecule has 1 N–H and O–H groups in total. The summed E-state index contributed by atoms with van der Waals surface area (Å²) in [7, 11) is 0. The van der Waals surface area contributed by atoms with E-state index in [-0.39, 0.29) is 39.8 Å². The smallest absolute Gasteiger partial charge is 0.416 e. The number of nitro benzene ring substituents is 1. The van der Waals surface area contributed by atoms with E-state index in [0.717, 1.165) is 24.3 Å². The number of aromatic carboxylic acids is 1. The number of carboxylic acid groups (broad SMARTS) is 1. The van der Waals surface area contributed by atoms with Gasteiger partial charge in [0.05, 0.1) is 23.0 Å². The van der Waals surface area contributed by atoms with Crippen LogP contribution in [-0.2, 0) is 15.7 Å². The van der Waals surface area contributed by atoms with E-state index in [1.54, 1.807) is 19.1 Å². The highest BCUT2D eigenvalue weighted by atomic mass is 35.5. The molecule has 0 saturated heterocycles. The quantitative estimate of drug-likeness (QED) is 0.185. The lowest BCUT2D eigenvalue weighted by Crippen LogP contribution is -2.16. The van der Waals surface area contributed by atoms with Gasteiger partial charge in [-0.25, -0.2) is 4.79 Å². The van der Waals surface area contributed by atoms with Gasteiger partial charge in [0, 0.05) is 27.8 Å². The maximum Gasteiger partial charge on any atom is 0.416 e. The lowest BCUT2D eigenvalue weighted by atomic mass is 9.95. The number of rotatable bonds is 8. The van der Waals surface area contributed by atoms with Crippen molar-refractivity contribution in [3.05, 3.63) is 86.4 Å². The molecule has 0 aliphatic heterocycles. The Morgan fingerprint density at radius 1 is 1.11 bits per heavy atom. The largest absolute Gasteiger partial charge is 0.477 e. The van der Waals surface area contributed by atoms with E-state index in [4.69, 9.17) is 21.1 Å². The van der Waals surface area contributed by atoms with Crippen LogP contribution in [0.5, 0.6) is 11.5 Å². The predicted octanol–water partition coefficient (Wildman–Crippen LogP) is 7.09. The fraction of sp³-hybridized carbons (Fsp3) is 0.200. The SMILES string of the molecule is CCOC(=O)C(C)c1cc(Oc2ccccc2-c2ccc(C(F)(F)F)cc2Cl)cc(C(=O)O)c1[N+](=O)[O-]. The van der Waals surface area contributed by atoms with E-state index in [1.165, 1.54) is 25.1 Å². The number of benzene rings is 3. The third-order valence-corrected chi connectivity index (χ3v) is 5.65. The summed E-state index contributed by atoms with van der Waals surface area (Å²) in [6.07, 6.45) is -4.60. The number of alkyl halides is 3. The Balaban J connectivity index is 2.14. The first-order chi connectivity index (χ1) is 17.3. The summed E-state index contributed by atoms with van der Waals surface area (Å²) >= 11 is 6.14. The number of nitrogens with zero attached hydrogens (tertiary/aromatic N) is 1. The molecule has 1 unspecified atom stereocenters. The van der Waals surface area contributed by atoms with Gasteiger partial charge in [0.2, 0.25) is 0 Å². The summed E-state index contributed by atoms with van der Waals surface area (Å²) in [5.74, 6) is -3.74. The number of esters is 1. The van der Waals surface area contributed by atoms with Crippen molar-refractivity contribution in [1.82, 2.24) is 0 Å². The van der Waals surface area contributed by atoms with Crippen LogP contribution in [-0.4, -0.2) is 28.6 Å². The molecule has 3 aromatic carbocycles. The number of para-hydroxylation sites is 1. The summed E-state index contributed by atoms with van der Waals surface area (Å²) in [6.45, 7) is 2.87. The number of carbonyl (C=O) groups excluding carboxylic acids is 1. The van der Waals surface area contributed by atoms with Gasteiger partial charge in [-0.1, -0.05) is 35.9 Å². The molecule has 0 saturated carbocycles. The van der Waals surface area contributed by atoms with E-state index in [9.17, 15) is 38.0 Å². The minimum atomic E-state index is -4.60. The van der Waals surface area contributed by atoms with E-state index >= 15 is 0 Å². The lowest BCUT2D eigenvalue weighted by Gasteiger charge is -2.17. The topological polar surface area (TPSA) is 116 Å². The zero-order valence-electron chi connectivity index (χ0n) is 19.3. The summed E-state index contributed by atoms with van der Waals surface area (Å²) in [5, 5.41) is 21.1. The van der Waals surface area contributed by atoms with Crippen molar-refractivity contribution in [2.75, 3.05) is 6.61 Å². The summed E-state index contributed by atoms with van der Waals surface area (Å²) in [6, 6.07) is 11.0. The monoisotopic (exact) mass is 537 g/mol. The number of nitro groups is 1. The molecule has 194 valence electrons. The van der Waals surface area contributed by atoms with Gasteiger partial charge >= 0.3 is 18.1 Å². The fourth-order valence-electron chi connectivity index (χ4n) is 3.59.